The third kappa shape index (κ3) is 6.16. The predicted molar refractivity (Wildman–Crippen MR) is 81.5 cm³/mol. The minimum Gasteiger partial charge on any atom is -0.369 e. The third-order valence-corrected chi connectivity index (χ3v) is 4.00. The lowest BCUT2D eigenvalue weighted by molar-refractivity contribution is 0.581. The Hall–Kier alpha value is -1.41. The topological polar surface area (TPSA) is 96.0 Å². The molecule has 20 heavy (non-hydrogen) atoms. The molecule has 114 valence electrons. The molecular formula is C12H23N5O2S. The Bertz CT molecular complexity index is 519. The van der Waals surface area contributed by atoms with E-state index in [0.717, 1.165) is 12.2 Å². The highest BCUT2D eigenvalue weighted by Crippen LogP contribution is 2.08. The summed E-state index contributed by atoms with van der Waals surface area (Å²) in [6.07, 6.45) is 0.611. The van der Waals surface area contributed by atoms with Gasteiger partial charge in [-0.3, -0.25) is 0 Å². The van der Waals surface area contributed by atoms with Crippen LogP contribution >= 0.6 is 0 Å². The molecule has 0 atom stereocenters. The van der Waals surface area contributed by atoms with Gasteiger partial charge in [-0.05, 0) is 20.3 Å². The molecule has 0 aliphatic carbocycles. The quantitative estimate of drug-likeness (QED) is 0.588. The van der Waals surface area contributed by atoms with Crippen molar-refractivity contribution in [3.05, 3.63) is 11.8 Å². The molecule has 1 aromatic heterocycles. The molecule has 0 fully saturated rings. The number of nitrogens with one attached hydrogen (secondary N) is 3. The zero-order valence-electron chi connectivity index (χ0n) is 12.2. The smallest absolute Gasteiger partial charge is 0.224 e. The third-order valence-electron chi connectivity index (χ3n) is 2.42. The van der Waals surface area contributed by atoms with Crippen molar-refractivity contribution in [2.75, 3.05) is 36.0 Å². The molecule has 0 saturated heterocycles. The van der Waals surface area contributed by atoms with Crippen LogP contribution in [0.25, 0.3) is 0 Å². The van der Waals surface area contributed by atoms with Crippen molar-refractivity contribution in [1.82, 2.24) is 14.7 Å². The predicted octanol–water partition coefficient (Wildman–Crippen LogP) is 0.958. The van der Waals surface area contributed by atoms with Crippen LogP contribution < -0.4 is 15.4 Å². The largest absolute Gasteiger partial charge is 0.369 e. The van der Waals surface area contributed by atoms with Gasteiger partial charge in [-0.1, -0.05) is 6.92 Å². The Labute approximate surface area is 120 Å². The van der Waals surface area contributed by atoms with Crippen LogP contribution in [0.1, 0.15) is 26.0 Å². The SMILES string of the molecule is CCCS(=O)(=O)NCCNc1cc(C)nc(NCC)n1. The van der Waals surface area contributed by atoms with E-state index in [1.807, 2.05) is 26.8 Å². The summed E-state index contributed by atoms with van der Waals surface area (Å²) in [4.78, 5) is 8.52. The van der Waals surface area contributed by atoms with Crippen molar-refractivity contribution < 1.29 is 8.42 Å². The van der Waals surface area contributed by atoms with Gasteiger partial charge in [0, 0.05) is 31.4 Å². The Morgan fingerprint density at radius 3 is 2.55 bits per heavy atom. The van der Waals surface area contributed by atoms with Gasteiger partial charge in [-0.25, -0.2) is 18.1 Å². The van der Waals surface area contributed by atoms with Crippen LogP contribution in [0.4, 0.5) is 11.8 Å². The summed E-state index contributed by atoms with van der Waals surface area (Å²) in [5.41, 5.74) is 0.852. The van der Waals surface area contributed by atoms with Gasteiger partial charge in [0.25, 0.3) is 0 Å². The molecule has 0 amide bonds. The highest BCUT2D eigenvalue weighted by Gasteiger charge is 2.07. The molecule has 0 aliphatic heterocycles. The van der Waals surface area contributed by atoms with Crippen molar-refractivity contribution in [3.63, 3.8) is 0 Å². The maximum atomic E-state index is 11.5. The van der Waals surface area contributed by atoms with Crippen LogP contribution in [-0.4, -0.2) is 43.8 Å². The lowest BCUT2D eigenvalue weighted by Crippen LogP contribution is -2.30. The zero-order chi connectivity index (χ0) is 15.0. The van der Waals surface area contributed by atoms with E-state index in [2.05, 4.69) is 25.3 Å². The van der Waals surface area contributed by atoms with E-state index in [-0.39, 0.29) is 5.75 Å². The fraction of sp³-hybridized carbons (Fsp3) is 0.667. The lowest BCUT2D eigenvalue weighted by Gasteiger charge is -2.10. The van der Waals surface area contributed by atoms with Crippen molar-refractivity contribution in [1.29, 1.82) is 0 Å². The molecule has 0 aromatic carbocycles. The molecule has 1 rings (SSSR count). The summed E-state index contributed by atoms with van der Waals surface area (Å²) in [5.74, 6) is 1.41. The van der Waals surface area contributed by atoms with E-state index in [1.165, 1.54) is 0 Å². The van der Waals surface area contributed by atoms with E-state index < -0.39 is 10.0 Å². The molecule has 0 unspecified atom stereocenters. The van der Waals surface area contributed by atoms with Gasteiger partial charge in [0.1, 0.15) is 5.82 Å². The number of hydrogen-bond donors (Lipinski definition) is 3. The number of aromatic nitrogens is 2. The normalized spacial score (nSPS) is 11.3. The number of rotatable bonds is 9. The first-order valence-corrected chi connectivity index (χ1v) is 8.43. The summed E-state index contributed by atoms with van der Waals surface area (Å²) in [5, 5.41) is 6.13. The Kier molecular flexibility index (Phi) is 6.66. The molecule has 7 nitrogen and oxygen atoms in total. The van der Waals surface area contributed by atoms with E-state index in [9.17, 15) is 8.42 Å². The lowest BCUT2D eigenvalue weighted by atomic mass is 10.4. The van der Waals surface area contributed by atoms with Crippen LogP contribution in [0.3, 0.4) is 0 Å². The minimum atomic E-state index is -3.15. The summed E-state index contributed by atoms with van der Waals surface area (Å²) < 4.78 is 25.5. The van der Waals surface area contributed by atoms with Crippen LogP contribution in [-0.2, 0) is 10.0 Å². The number of nitrogens with zero attached hydrogens (tertiary/aromatic N) is 2. The molecule has 8 heteroatoms. The van der Waals surface area contributed by atoms with Gasteiger partial charge in [-0.15, -0.1) is 0 Å². The average molecular weight is 301 g/mol. The van der Waals surface area contributed by atoms with Crippen LogP contribution in [0.5, 0.6) is 0 Å². The Balaban J connectivity index is 2.46. The number of anilines is 2. The maximum Gasteiger partial charge on any atom is 0.224 e. The summed E-state index contributed by atoms with van der Waals surface area (Å²) in [6, 6.07) is 1.82. The summed E-state index contributed by atoms with van der Waals surface area (Å²) >= 11 is 0. The highest BCUT2D eigenvalue weighted by atomic mass is 32.2. The van der Waals surface area contributed by atoms with Gasteiger partial charge in [0.15, 0.2) is 0 Å². The van der Waals surface area contributed by atoms with Gasteiger partial charge >= 0.3 is 0 Å². The van der Waals surface area contributed by atoms with Gasteiger partial charge in [0.05, 0.1) is 5.75 Å². The average Bonchev–Trinajstić information content (AvgIpc) is 2.34. The van der Waals surface area contributed by atoms with Crippen molar-refractivity contribution >= 4 is 21.8 Å². The van der Waals surface area contributed by atoms with Gasteiger partial charge in [-0.2, -0.15) is 4.98 Å². The fourth-order valence-electron chi connectivity index (χ4n) is 1.63. The number of sulfonamides is 1. The second-order valence-electron chi connectivity index (χ2n) is 4.39. The van der Waals surface area contributed by atoms with E-state index in [4.69, 9.17) is 0 Å². The molecule has 0 radical (unpaired) electrons. The van der Waals surface area contributed by atoms with Gasteiger partial charge < -0.3 is 10.6 Å². The minimum absolute atomic E-state index is 0.157. The number of aryl methyl sites for hydroxylation is 1. The van der Waals surface area contributed by atoms with Gasteiger partial charge in [0.2, 0.25) is 16.0 Å². The first-order valence-electron chi connectivity index (χ1n) is 6.77. The second kappa shape index (κ2) is 8.01. The fourth-order valence-corrected chi connectivity index (χ4v) is 2.73. The zero-order valence-corrected chi connectivity index (χ0v) is 13.0. The first-order chi connectivity index (χ1) is 9.46. The van der Waals surface area contributed by atoms with Crippen molar-refractivity contribution in [2.24, 2.45) is 0 Å². The standard InChI is InChI=1S/C12H23N5O2S/c1-4-8-20(18,19)15-7-6-14-11-9-10(3)16-12(17-11)13-5-2/h9,15H,4-8H2,1-3H3,(H2,13,14,16,17). The summed E-state index contributed by atoms with van der Waals surface area (Å²) in [6.45, 7) is 7.26. The summed E-state index contributed by atoms with van der Waals surface area (Å²) in [7, 11) is -3.15. The van der Waals surface area contributed by atoms with E-state index >= 15 is 0 Å². The second-order valence-corrected chi connectivity index (χ2v) is 6.31. The molecular weight excluding hydrogens is 278 g/mol. The van der Waals surface area contributed by atoms with Crippen molar-refractivity contribution in [3.8, 4) is 0 Å². The molecule has 3 N–H and O–H groups in total. The monoisotopic (exact) mass is 301 g/mol. The maximum absolute atomic E-state index is 11.5. The Morgan fingerprint density at radius 1 is 1.15 bits per heavy atom. The molecule has 1 heterocycles. The van der Waals surface area contributed by atoms with Crippen LogP contribution in [0, 0.1) is 6.92 Å². The molecule has 0 aliphatic rings. The Morgan fingerprint density at radius 2 is 1.90 bits per heavy atom. The van der Waals surface area contributed by atoms with Crippen molar-refractivity contribution in [2.45, 2.75) is 27.2 Å². The molecule has 0 spiro atoms. The number of hydrogen-bond acceptors (Lipinski definition) is 6. The highest BCUT2D eigenvalue weighted by molar-refractivity contribution is 7.89. The molecule has 0 saturated carbocycles. The molecule has 0 bridgehead atoms. The van der Waals surface area contributed by atoms with Crippen LogP contribution in [0.2, 0.25) is 0 Å². The first kappa shape index (κ1) is 16.6. The van der Waals surface area contributed by atoms with E-state index in [0.29, 0.717) is 31.3 Å². The van der Waals surface area contributed by atoms with Crippen LogP contribution in [0.15, 0.2) is 6.07 Å². The molecule has 1 aromatic rings. The van der Waals surface area contributed by atoms with E-state index in [1.54, 1.807) is 0 Å².